The molecule has 25 heavy (non-hydrogen) atoms. The second kappa shape index (κ2) is 7.04. The van der Waals surface area contributed by atoms with Crippen LogP contribution in [0.1, 0.15) is 43.6 Å². The van der Waals surface area contributed by atoms with Crippen LogP contribution in [0.15, 0.2) is 29.3 Å². The van der Waals surface area contributed by atoms with Crippen molar-refractivity contribution < 1.29 is 23.9 Å². The Hall–Kier alpha value is -2.70. The largest absolute Gasteiger partial charge is 0.462 e. The van der Waals surface area contributed by atoms with Crippen LogP contribution in [0.25, 0.3) is 0 Å². The molecule has 0 bridgehead atoms. The molecule has 0 radical (unpaired) electrons. The first-order chi connectivity index (χ1) is 11.8. The molecule has 134 valence electrons. The zero-order chi connectivity index (χ0) is 18.8. The average molecular weight is 346 g/mol. The van der Waals surface area contributed by atoms with Gasteiger partial charge in [0.2, 0.25) is 0 Å². The van der Waals surface area contributed by atoms with E-state index in [1.54, 1.807) is 38.1 Å². The van der Waals surface area contributed by atoms with Crippen LogP contribution in [-0.4, -0.2) is 48.0 Å². The number of benzene rings is 1. The van der Waals surface area contributed by atoms with Gasteiger partial charge in [0.1, 0.15) is 5.54 Å². The lowest BCUT2D eigenvalue weighted by Crippen LogP contribution is -2.55. The fraction of sp³-hybridized carbons (Fsp3) is 0.444. The van der Waals surface area contributed by atoms with Gasteiger partial charge in [-0.15, -0.1) is 0 Å². The summed E-state index contributed by atoms with van der Waals surface area (Å²) in [6, 6.07) is 6.57. The van der Waals surface area contributed by atoms with E-state index in [9.17, 15) is 14.4 Å². The molecular formula is C18H22N2O5. The monoisotopic (exact) mass is 346 g/mol. The van der Waals surface area contributed by atoms with E-state index in [2.05, 4.69) is 4.99 Å². The van der Waals surface area contributed by atoms with Crippen molar-refractivity contribution in [1.29, 1.82) is 0 Å². The molecule has 1 aromatic rings. The number of rotatable bonds is 4. The first kappa shape index (κ1) is 18.6. The van der Waals surface area contributed by atoms with Crippen LogP contribution < -0.4 is 0 Å². The van der Waals surface area contributed by atoms with Crippen molar-refractivity contribution in [2.45, 2.75) is 33.2 Å². The van der Waals surface area contributed by atoms with Gasteiger partial charge < -0.3 is 9.47 Å². The van der Waals surface area contributed by atoms with Gasteiger partial charge in [-0.1, -0.05) is 32.0 Å². The van der Waals surface area contributed by atoms with Crippen molar-refractivity contribution >= 4 is 23.8 Å². The molecule has 0 saturated heterocycles. The SMILES string of the molecule is CCOC(=O)c1ccccc1C1=NC(=O)C(C)(C(C)C)N1C(=O)OC. The van der Waals surface area contributed by atoms with Crippen molar-refractivity contribution in [1.82, 2.24) is 4.90 Å². The van der Waals surface area contributed by atoms with Gasteiger partial charge in [-0.2, -0.15) is 4.99 Å². The minimum atomic E-state index is -1.19. The highest BCUT2D eigenvalue weighted by atomic mass is 16.5. The van der Waals surface area contributed by atoms with Crippen LogP contribution in [0.3, 0.4) is 0 Å². The molecule has 2 rings (SSSR count). The summed E-state index contributed by atoms with van der Waals surface area (Å²) in [5.74, 6) is -1.12. The number of methoxy groups -OCH3 is 1. The Morgan fingerprint density at radius 3 is 2.48 bits per heavy atom. The molecule has 1 atom stereocenters. The quantitative estimate of drug-likeness (QED) is 0.782. The predicted molar refractivity (Wildman–Crippen MR) is 91.4 cm³/mol. The fourth-order valence-corrected chi connectivity index (χ4v) is 2.69. The number of esters is 1. The highest BCUT2D eigenvalue weighted by Gasteiger charge is 2.53. The summed E-state index contributed by atoms with van der Waals surface area (Å²) in [5.41, 5.74) is -0.605. The number of amides is 2. The summed E-state index contributed by atoms with van der Waals surface area (Å²) in [5, 5.41) is 0. The summed E-state index contributed by atoms with van der Waals surface area (Å²) in [6.07, 6.45) is -0.709. The molecule has 1 aliphatic heterocycles. The second-order valence-electron chi connectivity index (χ2n) is 6.11. The van der Waals surface area contributed by atoms with Crippen molar-refractivity contribution in [3.8, 4) is 0 Å². The van der Waals surface area contributed by atoms with Crippen LogP contribution in [0, 0.1) is 5.92 Å². The van der Waals surface area contributed by atoms with Gasteiger partial charge in [0, 0.05) is 5.56 Å². The molecule has 0 saturated carbocycles. The number of ether oxygens (including phenoxy) is 2. The second-order valence-corrected chi connectivity index (χ2v) is 6.11. The van der Waals surface area contributed by atoms with Crippen LogP contribution in [-0.2, 0) is 14.3 Å². The molecule has 0 fully saturated rings. The number of carbonyl (C=O) groups excluding carboxylic acids is 3. The highest BCUT2D eigenvalue weighted by Crippen LogP contribution is 2.35. The van der Waals surface area contributed by atoms with Gasteiger partial charge in [-0.05, 0) is 25.8 Å². The number of hydrogen-bond acceptors (Lipinski definition) is 5. The van der Waals surface area contributed by atoms with Crippen LogP contribution >= 0.6 is 0 Å². The molecule has 2 amide bonds. The zero-order valence-electron chi connectivity index (χ0n) is 15.0. The minimum Gasteiger partial charge on any atom is -0.462 e. The van der Waals surface area contributed by atoms with E-state index in [0.29, 0.717) is 5.56 Å². The van der Waals surface area contributed by atoms with Gasteiger partial charge in [-0.25, -0.2) is 14.5 Å². The summed E-state index contributed by atoms with van der Waals surface area (Å²) < 4.78 is 9.93. The molecule has 1 unspecified atom stereocenters. The predicted octanol–water partition coefficient (Wildman–Crippen LogP) is 2.63. The molecule has 1 aromatic carbocycles. The van der Waals surface area contributed by atoms with Gasteiger partial charge in [-0.3, -0.25) is 4.79 Å². The summed E-state index contributed by atoms with van der Waals surface area (Å²) >= 11 is 0. The van der Waals surface area contributed by atoms with Crippen molar-refractivity contribution in [3.63, 3.8) is 0 Å². The molecule has 0 aromatic heterocycles. The third kappa shape index (κ3) is 3.01. The van der Waals surface area contributed by atoms with Crippen molar-refractivity contribution in [3.05, 3.63) is 35.4 Å². The maximum atomic E-state index is 12.6. The van der Waals surface area contributed by atoms with E-state index in [0.717, 1.165) is 0 Å². The Bertz CT molecular complexity index is 741. The highest BCUT2D eigenvalue weighted by molar-refractivity contribution is 6.21. The summed E-state index contributed by atoms with van der Waals surface area (Å²) in [6.45, 7) is 7.20. The number of carbonyl (C=O) groups is 3. The van der Waals surface area contributed by atoms with Crippen molar-refractivity contribution in [2.24, 2.45) is 10.9 Å². The summed E-state index contributed by atoms with van der Waals surface area (Å²) in [4.78, 5) is 42.6. The van der Waals surface area contributed by atoms with E-state index >= 15 is 0 Å². The smallest absolute Gasteiger partial charge is 0.416 e. The third-order valence-electron chi connectivity index (χ3n) is 4.46. The lowest BCUT2D eigenvalue weighted by molar-refractivity contribution is -0.126. The van der Waals surface area contributed by atoms with Crippen LogP contribution in [0.4, 0.5) is 4.79 Å². The van der Waals surface area contributed by atoms with Crippen LogP contribution in [0.5, 0.6) is 0 Å². The molecule has 1 heterocycles. The molecule has 0 spiro atoms. The fourth-order valence-electron chi connectivity index (χ4n) is 2.69. The Balaban J connectivity index is 2.62. The van der Waals surface area contributed by atoms with E-state index in [1.807, 2.05) is 13.8 Å². The van der Waals surface area contributed by atoms with Gasteiger partial charge in [0.25, 0.3) is 5.91 Å². The Kier molecular flexibility index (Phi) is 5.25. The first-order valence-corrected chi connectivity index (χ1v) is 8.06. The normalized spacial score (nSPS) is 19.8. The average Bonchev–Trinajstić information content (AvgIpc) is 2.87. The molecule has 7 nitrogen and oxygen atoms in total. The topological polar surface area (TPSA) is 85.3 Å². The molecule has 0 N–H and O–H groups in total. The Morgan fingerprint density at radius 2 is 1.92 bits per heavy atom. The first-order valence-electron chi connectivity index (χ1n) is 8.06. The van der Waals surface area contributed by atoms with E-state index in [4.69, 9.17) is 9.47 Å². The zero-order valence-corrected chi connectivity index (χ0v) is 15.0. The maximum absolute atomic E-state index is 12.6. The third-order valence-corrected chi connectivity index (χ3v) is 4.46. The summed E-state index contributed by atoms with van der Waals surface area (Å²) in [7, 11) is 1.24. The van der Waals surface area contributed by atoms with E-state index in [1.165, 1.54) is 12.0 Å². The molecular weight excluding hydrogens is 324 g/mol. The minimum absolute atomic E-state index is 0.0942. The van der Waals surface area contributed by atoms with Gasteiger partial charge in [0.15, 0.2) is 5.84 Å². The number of hydrogen-bond donors (Lipinski definition) is 0. The number of amidine groups is 1. The van der Waals surface area contributed by atoms with E-state index < -0.39 is 23.5 Å². The number of nitrogens with zero attached hydrogens (tertiary/aromatic N) is 2. The lowest BCUT2D eigenvalue weighted by atomic mass is 9.86. The van der Waals surface area contributed by atoms with Crippen LogP contribution in [0.2, 0.25) is 0 Å². The molecule has 0 aliphatic carbocycles. The molecule has 1 aliphatic rings. The lowest BCUT2D eigenvalue weighted by Gasteiger charge is -2.35. The van der Waals surface area contributed by atoms with Gasteiger partial charge in [0.05, 0.1) is 19.3 Å². The Labute approximate surface area is 146 Å². The maximum Gasteiger partial charge on any atom is 0.416 e. The standard InChI is InChI=1S/C18H22N2O5/c1-6-25-15(21)13-10-8-7-9-12(13)14-19-16(22)18(4,11(2)3)20(14)17(23)24-5/h7-11H,6H2,1-5H3. The van der Waals surface area contributed by atoms with Crippen molar-refractivity contribution in [2.75, 3.05) is 13.7 Å². The van der Waals surface area contributed by atoms with E-state index in [-0.39, 0.29) is 23.9 Å². The number of aliphatic imine (C=N–C) groups is 1. The molecule has 7 heteroatoms. The van der Waals surface area contributed by atoms with Gasteiger partial charge >= 0.3 is 12.1 Å². The Morgan fingerprint density at radius 1 is 1.28 bits per heavy atom.